The van der Waals surface area contributed by atoms with Gasteiger partial charge in [-0.3, -0.25) is 9.59 Å². The molecule has 0 radical (unpaired) electrons. The average Bonchev–Trinajstić information content (AvgIpc) is 2.74. The van der Waals surface area contributed by atoms with Gasteiger partial charge in [0.2, 0.25) is 5.91 Å². The lowest BCUT2D eigenvalue weighted by molar-refractivity contribution is -0.154. The van der Waals surface area contributed by atoms with Crippen molar-refractivity contribution in [2.75, 3.05) is 0 Å². The fourth-order valence-electron chi connectivity index (χ4n) is 3.25. The SMILES string of the molecule is C[C@H](NC(=O)CC(F)(F)F)NC(=O)c1ccc(C=CC(c2cc(Cl)c(Cl)c(Cl)c2)C(F)(F)F)cc1C(F)(F)F. The fourth-order valence-corrected chi connectivity index (χ4v) is 3.87. The molecule has 0 fully saturated rings. The molecule has 2 atom stereocenters. The van der Waals surface area contributed by atoms with Gasteiger partial charge in [0.15, 0.2) is 0 Å². The normalized spacial score (nSPS) is 14.3. The number of carbonyl (C=O) groups excluding carboxylic acids is 2. The third kappa shape index (κ3) is 9.50. The molecule has 2 aromatic rings. The Hall–Kier alpha value is -2.64. The number of hydrogen-bond acceptors (Lipinski definition) is 2. The Labute approximate surface area is 230 Å². The summed E-state index contributed by atoms with van der Waals surface area (Å²) >= 11 is 17.3. The van der Waals surface area contributed by atoms with E-state index >= 15 is 0 Å². The van der Waals surface area contributed by atoms with Gasteiger partial charge in [-0.1, -0.05) is 53.0 Å². The molecule has 0 aliphatic heterocycles. The first-order valence-corrected chi connectivity index (χ1v) is 11.6. The van der Waals surface area contributed by atoms with Crippen LogP contribution in [0.25, 0.3) is 6.08 Å². The van der Waals surface area contributed by atoms with Crippen molar-refractivity contribution in [2.24, 2.45) is 0 Å². The highest BCUT2D eigenvalue weighted by molar-refractivity contribution is 6.48. The van der Waals surface area contributed by atoms with Crippen molar-refractivity contribution in [1.29, 1.82) is 0 Å². The molecule has 39 heavy (non-hydrogen) atoms. The molecule has 2 rings (SSSR count). The molecular weight excluding hydrogens is 614 g/mol. The lowest BCUT2D eigenvalue weighted by atomic mass is 9.96. The standard InChI is InChI=1S/C23H16Cl3F9N2O2/c1-10(36-18(38)9-21(27,28)29)37-20(39)13-4-2-11(6-15(13)23(33,34)35)3-5-14(22(30,31)32)12-7-16(24)19(26)17(25)8-12/h2-8,10,14H,9H2,1H3,(H,36,38)(H,37,39)/t10-,14?/m1/s1. The van der Waals surface area contributed by atoms with E-state index in [1.54, 1.807) is 5.32 Å². The number of halogens is 12. The van der Waals surface area contributed by atoms with E-state index in [-0.39, 0.29) is 20.6 Å². The molecule has 4 nitrogen and oxygen atoms in total. The molecule has 0 aromatic heterocycles. The van der Waals surface area contributed by atoms with E-state index < -0.39 is 65.5 Å². The van der Waals surface area contributed by atoms with Crippen LogP contribution in [0.3, 0.4) is 0 Å². The van der Waals surface area contributed by atoms with Crippen molar-refractivity contribution < 1.29 is 49.1 Å². The summed E-state index contributed by atoms with van der Waals surface area (Å²) in [6.07, 6.45) is -17.0. The predicted molar refractivity (Wildman–Crippen MR) is 126 cm³/mol. The lowest BCUT2D eigenvalue weighted by Gasteiger charge is -2.19. The first-order valence-electron chi connectivity index (χ1n) is 10.5. The summed E-state index contributed by atoms with van der Waals surface area (Å²) in [5.41, 5.74) is -3.34. The van der Waals surface area contributed by atoms with Crippen LogP contribution in [0.4, 0.5) is 39.5 Å². The van der Waals surface area contributed by atoms with E-state index in [0.717, 1.165) is 31.2 Å². The molecule has 2 aromatic carbocycles. The van der Waals surface area contributed by atoms with Crippen LogP contribution in [0.5, 0.6) is 0 Å². The quantitative estimate of drug-likeness (QED) is 0.185. The van der Waals surface area contributed by atoms with Gasteiger partial charge < -0.3 is 10.6 Å². The molecular formula is C23H16Cl3F9N2O2. The summed E-state index contributed by atoms with van der Waals surface area (Å²) < 4.78 is 119. The summed E-state index contributed by atoms with van der Waals surface area (Å²) in [7, 11) is 0. The number of amides is 2. The van der Waals surface area contributed by atoms with Gasteiger partial charge in [-0.25, -0.2) is 0 Å². The first-order chi connectivity index (χ1) is 17.7. The topological polar surface area (TPSA) is 58.2 Å². The Morgan fingerprint density at radius 2 is 1.46 bits per heavy atom. The smallest absolute Gasteiger partial charge is 0.336 e. The third-order valence-electron chi connectivity index (χ3n) is 4.88. The minimum atomic E-state index is -5.15. The Kier molecular flexibility index (Phi) is 10.2. The summed E-state index contributed by atoms with van der Waals surface area (Å²) in [6.45, 7) is 1.02. The van der Waals surface area contributed by atoms with E-state index in [1.807, 2.05) is 5.32 Å². The van der Waals surface area contributed by atoms with Crippen LogP contribution in [0.15, 0.2) is 36.4 Å². The maximum atomic E-state index is 13.7. The fraction of sp³-hybridized carbons (Fsp3) is 0.304. The van der Waals surface area contributed by atoms with Gasteiger partial charge in [-0.2, -0.15) is 39.5 Å². The summed E-state index contributed by atoms with van der Waals surface area (Å²) in [4.78, 5) is 23.7. The van der Waals surface area contributed by atoms with Crippen molar-refractivity contribution in [3.63, 3.8) is 0 Å². The van der Waals surface area contributed by atoms with Gasteiger partial charge in [0.05, 0.1) is 38.3 Å². The van der Waals surface area contributed by atoms with Crippen LogP contribution in [0, 0.1) is 0 Å². The van der Waals surface area contributed by atoms with Crippen molar-refractivity contribution in [3.05, 3.63) is 73.7 Å². The molecule has 0 heterocycles. The van der Waals surface area contributed by atoms with E-state index in [1.165, 1.54) is 0 Å². The number of benzene rings is 2. The van der Waals surface area contributed by atoms with Gasteiger partial charge in [0.25, 0.3) is 5.91 Å². The second kappa shape index (κ2) is 12.3. The van der Waals surface area contributed by atoms with Crippen LogP contribution >= 0.6 is 34.8 Å². The van der Waals surface area contributed by atoms with Gasteiger partial charge in [0, 0.05) is 0 Å². The maximum Gasteiger partial charge on any atom is 0.417 e. The number of hydrogen-bond donors (Lipinski definition) is 2. The van der Waals surface area contributed by atoms with Gasteiger partial charge in [-0.05, 0) is 42.3 Å². The highest BCUT2D eigenvalue weighted by atomic mass is 35.5. The van der Waals surface area contributed by atoms with Crippen LogP contribution < -0.4 is 10.6 Å². The molecule has 1 unspecified atom stereocenters. The molecule has 0 bridgehead atoms. The maximum absolute atomic E-state index is 13.7. The number of nitrogens with one attached hydrogen (secondary N) is 2. The van der Waals surface area contributed by atoms with Crippen LogP contribution in [0.2, 0.25) is 15.1 Å². The third-order valence-corrected chi connectivity index (χ3v) is 6.08. The van der Waals surface area contributed by atoms with Gasteiger partial charge in [-0.15, -0.1) is 0 Å². The zero-order valence-electron chi connectivity index (χ0n) is 19.3. The zero-order valence-corrected chi connectivity index (χ0v) is 21.5. The second-order valence-electron chi connectivity index (χ2n) is 8.03. The second-order valence-corrected chi connectivity index (χ2v) is 9.23. The highest BCUT2D eigenvalue weighted by Crippen LogP contribution is 2.41. The van der Waals surface area contributed by atoms with Crippen molar-refractivity contribution in [2.45, 2.75) is 44.0 Å². The first kappa shape index (κ1) is 32.6. The summed E-state index contributed by atoms with van der Waals surface area (Å²) in [5, 5.41) is 2.93. The molecule has 0 aliphatic rings. The molecule has 16 heteroatoms. The minimum Gasteiger partial charge on any atom is -0.336 e. The van der Waals surface area contributed by atoms with Crippen molar-refractivity contribution in [1.82, 2.24) is 10.6 Å². The van der Waals surface area contributed by atoms with E-state index in [9.17, 15) is 49.1 Å². The van der Waals surface area contributed by atoms with Crippen LogP contribution in [-0.4, -0.2) is 30.3 Å². The van der Waals surface area contributed by atoms with Crippen LogP contribution in [-0.2, 0) is 11.0 Å². The van der Waals surface area contributed by atoms with Crippen LogP contribution in [0.1, 0.15) is 46.3 Å². The Bertz CT molecular complexity index is 1240. The van der Waals surface area contributed by atoms with E-state index in [4.69, 9.17) is 34.8 Å². The van der Waals surface area contributed by atoms with Gasteiger partial charge >= 0.3 is 18.5 Å². The molecule has 0 saturated carbocycles. The number of allylic oxidation sites excluding steroid dienone is 1. The number of rotatable bonds is 7. The molecule has 214 valence electrons. The number of alkyl halides is 9. The summed E-state index contributed by atoms with van der Waals surface area (Å²) in [6, 6.07) is 3.81. The Balaban J connectivity index is 2.36. The molecule has 0 aliphatic carbocycles. The van der Waals surface area contributed by atoms with E-state index in [2.05, 4.69) is 0 Å². The largest absolute Gasteiger partial charge is 0.417 e. The predicted octanol–water partition coefficient (Wildman–Crippen LogP) is 8.17. The summed E-state index contributed by atoms with van der Waals surface area (Å²) in [5.74, 6) is -5.28. The molecule has 0 spiro atoms. The molecule has 2 amide bonds. The molecule has 0 saturated heterocycles. The van der Waals surface area contributed by atoms with Crippen molar-refractivity contribution >= 4 is 52.7 Å². The minimum absolute atomic E-state index is 0.190. The number of carbonyl (C=O) groups is 2. The zero-order chi connectivity index (χ0) is 29.9. The highest BCUT2D eigenvalue weighted by Gasteiger charge is 2.40. The van der Waals surface area contributed by atoms with Gasteiger partial charge in [0.1, 0.15) is 6.42 Å². The Morgan fingerprint density at radius 3 is 1.95 bits per heavy atom. The average molecular weight is 630 g/mol. The van der Waals surface area contributed by atoms with E-state index in [0.29, 0.717) is 18.2 Å². The lowest BCUT2D eigenvalue weighted by Crippen LogP contribution is -2.47. The van der Waals surface area contributed by atoms with Crippen molar-refractivity contribution in [3.8, 4) is 0 Å². The monoisotopic (exact) mass is 628 g/mol. The Morgan fingerprint density at radius 1 is 0.897 bits per heavy atom. The molecule has 2 N–H and O–H groups in total.